The molecule has 1 fully saturated rings. The van der Waals surface area contributed by atoms with E-state index in [9.17, 15) is 4.79 Å². The first-order valence-electron chi connectivity index (χ1n) is 7.41. The van der Waals surface area contributed by atoms with E-state index >= 15 is 0 Å². The van der Waals surface area contributed by atoms with Crippen LogP contribution in [-0.4, -0.2) is 27.2 Å². The standard InChI is InChI=1S/C17H18N2O3S/c20-17(18-21)16-10-11-23-19(16)12-13-6-8-15(9-7-13)22-14-4-2-1-3-5-14/h1-9,16,21H,10-12H2,(H,18,20). The van der Waals surface area contributed by atoms with E-state index in [-0.39, 0.29) is 11.9 Å². The lowest BCUT2D eigenvalue weighted by Gasteiger charge is -2.21. The van der Waals surface area contributed by atoms with Gasteiger partial charge in [-0.05, 0) is 36.2 Å². The molecule has 1 atom stereocenters. The van der Waals surface area contributed by atoms with E-state index in [2.05, 4.69) is 0 Å². The number of hydrogen-bond acceptors (Lipinski definition) is 5. The predicted octanol–water partition coefficient (Wildman–Crippen LogP) is 3.21. The lowest BCUT2D eigenvalue weighted by molar-refractivity contribution is -0.132. The number of nitrogens with zero attached hydrogens (tertiary/aromatic N) is 1. The van der Waals surface area contributed by atoms with Crippen molar-refractivity contribution in [3.05, 3.63) is 60.2 Å². The fraction of sp³-hybridized carbons (Fsp3) is 0.235. The Labute approximate surface area is 139 Å². The molecule has 0 radical (unpaired) electrons. The number of ether oxygens (including phenoxy) is 1. The molecule has 1 heterocycles. The fourth-order valence-corrected chi connectivity index (χ4v) is 3.66. The van der Waals surface area contributed by atoms with Gasteiger partial charge in [-0.3, -0.25) is 10.0 Å². The summed E-state index contributed by atoms with van der Waals surface area (Å²) >= 11 is 1.63. The van der Waals surface area contributed by atoms with Gasteiger partial charge in [-0.15, -0.1) is 0 Å². The van der Waals surface area contributed by atoms with Gasteiger partial charge >= 0.3 is 0 Å². The molecule has 0 bridgehead atoms. The summed E-state index contributed by atoms with van der Waals surface area (Å²) in [5.41, 5.74) is 2.84. The summed E-state index contributed by atoms with van der Waals surface area (Å²) < 4.78 is 7.76. The molecule has 2 aromatic carbocycles. The van der Waals surface area contributed by atoms with Crippen LogP contribution in [0, 0.1) is 0 Å². The quantitative estimate of drug-likeness (QED) is 0.501. The van der Waals surface area contributed by atoms with Crippen molar-refractivity contribution >= 4 is 17.9 Å². The van der Waals surface area contributed by atoms with Gasteiger partial charge in [0.2, 0.25) is 0 Å². The molecule has 120 valence electrons. The maximum atomic E-state index is 11.6. The van der Waals surface area contributed by atoms with Crippen molar-refractivity contribution in [1.82, 2.24) is 9.79 Å². The minimum Gasteiger partial charge on any atom is -0.457 e. The van der Waals surface area contributed by atoms with Gasteiger partial charge in [0.15, 0.2) is 0 Å². The molecule has 1 amide bonds. The molecule has 6 heteroatoms. The van der Waals surface area contributed by atoms with E-state index in [0.29, 0.717) is 6.54 Å². The summed E-state index contributed by atoms with van der Waals surface area (Å²) in [6, 6.07) is 17.2. The van der Waals surface area contributed by atoms with Gasteiger partial charge in [0.1, 0.15) is 17.5 Å². The Morgan fingerprint density at radius 3 is 2.57 bits per heavy atom. The number of nitrogens with one attached hydrogen (secondary N) is 1. The van der Waals surface area contributed by atoms with Gasteiger partial charge in [-0.1, -0.05) is 42.3 Å². The average molecular weight is 330 g/mol. The van der Waals surface area contributed by atoms with E-state index < -0.39 is 0 Å². The van der Waals surface area contributed by atoms with Crippen molar-refractivity contribution in [3.8, 4) is 11.5 Å². The number of benzene rings is 2. The zero-order chi connectivity index (χ0) is 16.1. The first-order valence-corrected chi connectivity index (χ1v) is 8.36. The molecule has 23 heavy (non-hydrogen) atoms. The maximum absolute atomic E-state index is 11.6. The Morgan fingerprint density at radius 1 is 1.17 bits per heavy atom. The van der Waals surface area contributed by atoms with Crippen LogP contribution >= 0.6 is 11.9 Å². The lowest BCUT2D eigenvalue weighted by Crippen LogP contribution is -2.39. The summed E-state index contributed by atoms with van der Waals surface area (Å²) in [6.07, 6.45) is 0.742. The lowest BCUT2D eigenvalue weighted by atomic mass is 10.1. The third-order valence-corrected chi connectivity index (χ3v) is 4.78. The molecule has 1 unspecified atom stereocenters. The molecule has 3 rings (SSSR count). The Morgan fingerprint density at radius 2 is 1.87 bits per heavy atom. The molecular weight excluding hydrogens is 312 g/mol. The number of para-hydroxylation sites is 1. The molecule has 0 saturated carbocycles. The Balaban J connectivity index is 1.62. The number of carbonyl (C=O) groups is 1. The third kappa shape index (κ3) is 4.04. The minimum atomic E-state index is -0.348. The molecule has 2 aromatic rings. The number of rotatable bonds is 5. The Kier molecular flexibility index (Phi) is 5.17. The second kappa shape index (κ2) is 7.50. The third-order valence-electron chi connectivity index (χ3n) is 3.65. The summed E-state index contributed by atoms with van der Waals surface area (Å²) in [6.45, 7) is 0.647. The van der Waals surface area contributed by atoms with Crippen LogP contribution in [0.4, 0.5) is 0 Å². The highest BCUT2D eigenvalue weighted by Gasteiger charge is 2.31. The SMILES string of the molecule is O=C(NO)C1CCSN1Cc1ccc(Oc2ccccc2)cc1. The first kappa shape index (κ1) is 15.9. The van der Waals surface area contributed by atoms with Crippen molar-refractivity contribution < 1.29 is 14.7 Å². The number of amides is 1. The van der Waals surface area contributed by atoms with Crippen LogP contribution in [0.5, 0.6) is 11.5 Å². The van der Waals surface area contributed by atoms with Crippen LogP contribution in [0.2, 0.25) is 0 Å². The first-order chi connectivity index (χ1) is 11.3. The van der Waals surface area contributed by atoms with Crippen LogP contribution in [0.15, 0.2) is 54.6 Å². The van der Waals surface area contributed by atoms with E-state index in [0.717, 1.165) is 29.2 Å². The van der Waals surface area contributed by atoms with Gasteiger partial charge < -0.3 is 4.74 Å². The summed E-state index contributed by atoms with van der Waals surface area (Å²) in [5.74, 6) is 2.11. The predicted molar refractivity (Wildman–Crippen MR) is 89.3 cm³/mol. The van der Waals surface area contributed by atoms with Gasteiger partial charge in [0, 0.05) is 12.3 Å². The molecular formula is C17H18N2O3S. The monoisotopic (exact) mass is 330 g/mol. The van der Waals surface area contributed by atoms with Crippen LogP contribution in [0.25, 0.3) is 0 Å². The molecule has 1 aliphatic heterocycles. The van der Waals surface area contributed by atoms with E-state index in [1.165, 1.54) is 0 Å². The number of hydrogen-bond donors (Lipinski definition) is 2. The van der Waals surface area contributed by atoms with Crippen molar-refractivity contribution in [2.75, 3.05) is 5.75 Å². The number of hydroxylamine groups is 1. The highest BCUT2D eigenvalue weighted by Crippen LogP contribution is 2.30. The molecule has 1 aliphatic rings. The second-order valence-electron chi connectivity index (χ2n) is 5.25. The van der Waals surface area contributed by atoms with Crippen molar-refractivity contribution in [3.63, 3.8) is 0 Å². The van der Waals surface area contributed by atoms with Crippen molar-refractivity contribution in [2.45, 2.75) is 19.0 Å². The fourth-order valence-electron chi connectivity index (χ4n) is 2.48. The maximum Gasteiger partial charge on any atom is 0.261 e. The van der Waals surface area contributed by atoms with Crippen LogP contribution in [0.3, 0.4) is 0 Å². The van der Waals surface area contributed by atoms with Crippen LogP contribution in [0.1, 0.15) is 12.0 Å². The largest absolute Gasteiger partial charge is 0.457 e. The smallest absolute Gasteiger partial charge is 0.261 e. The molecule has 0 aliphatic carbocycles. The minimum absolute atomic E-state index is 0.287. The van der Waals surface area contributed by atoms with Gasteiger partial charge in [-0.25, -0.2) is 9.79 Å². The van der Waals surface area contributed by atoms with E-state index in [4.69, 9.17) is 9.94 Å². The normalized spacial score (nSPS) is 17.9. The van der Waals surface area contributed by atoms with Crippen molar-refractivity contribution in [2.24, 2.45) is 0 Å². The summed E-state index contributed by atoms with van der Waals surface area (Å²) in [4.78, 5) is 11.6. The van der Waals surface area contributed by atoms with Crippen molar-refractivity contribution in [1.29, 1.82) is 0 Å². The van der Waals surface area contributed by atoms with Crippen LogP contribution in [-0.2, 0) is 11.3 Å². The molecule has 2 N–H and O–H groups in total. The zero-order valence-electron chi connectivity index (χ0n) is 12.5. The zero-order valence-corrected chi connectivity index (χ0v) is 13.3. The Bertz CT molecular complexity index is 649. The average Bonchev–Trinajstić information content (AvgIpc) is 3.05. The van der Waals surface area contributed by atoms with E-state index in [1.807, 2.05) is 58.9 Å². The highest BCUT2D eigenvalue weighted by molar-refractivity contribution is 7.97. The highest BCUT2D eigenvalue weighted by atomic mass is 32.2. The van der Waals surface area contributed by atoms with Crippen LogP contribution < -0.4 is 10.2 Å². The van der Waals surface area contributed by atoms with Gasteiger partial charge in [0.05, 0.1) is 0 Å². The molecule has 0 aromatic heterocycles. The molecule has 5 nitrogen and oxygen atoms in total. The second-order valence-corrected chi connectivity index (χ2v) is 6.38. The van der Waals surface area contributed by atoms with Gasteiger partial charge in [-0.2, -0.15) is 0 Å². The summed E-state index contributed by atoms with van der Waals surface area (Å²) in [7, 11) is 0. The Hall–Kier alpha value is -2.02. The number of carbonyl (C=O) groups excluding carboxylic acids is 1. The topological polar surface area (TPSA) is 61.8 Å². The molecule has 0 spiro atoms. The van der Waals surface area contributed by atoms with E-state index in [1.54, 1.807) is 17.4 Å². The summed E-state index contributed by atoms with van der Waals surface area (Å²) in [5, 5.41) is 8.80. The van der Waals surface area contributed by atoms with Gasteiger partial charge in [0.25, 0.3) is 5.91 Å². The molecule has 1 saturated heterocycles.